The number of halogens is 1. The van der Waals surface area contributed by atoms with E-state index in [2.05, 4.69) is 15.4 Å². The molecular formula is C19H22FN3O5S. The number of carbonyl (C=O) groups is 2. The quantitative estimate of drug-likeness (QED) is 0.536. The average Bonchev–Trinajstić information content (AvgIpc) is 2.65. The van der Waals surface area contributed by atoms with Gasteiger partial charge >= 0.3 is 0 Å². The topological polar surface area (TPSA) is 114 Å². The Labute approximate surface area is 168 Å². The highest BCUT2D eigenvalue weighted by molar-refractivity contribution is 7.92. The van der Waals surface area contributed by atoms with E-state index in [-0.39, 0.29) is 36.2 Å². The van der Waals surface area contributed by atoms with E-state index < -0.39 is 15.8 Å². The van der Waals surface area contributed by atoms with Crippen molar-refractivity contribution in [3.05, 3.63) is 53.8 Å². The molecule has 156 valence electrons. The number of hydrogen-bond donors (Lipinski definition) is 3. The first-order valence-corrected chi connectivity index (χ1v) is 10.6. The molecule has 0 atom stereocenters. The van der Waals surface area contributed by atoms with E-state index in [0.717, 1.165) is 6.26 Å². The maximum atomic E-state index is 12.9. The first-order valence-electron chi connectivity index (χ1n) is 8.67. The number of amides is 2. The van der Waals surface area contributed by atoms with Gasteiger partial charge in [0.1, 0.15) is 11.6 Å². The Kier molecular flexibility index (Phi) is 7.54. The fraction of sp³-hybridized carbons (Fsp3) is 0.263. The third-order valence-corrected chi connectivity index (χ3v) is 4.34. The highest BCUT2D eigenvalue weighted by Crippen LogP contribution is 2.28. The molecule has 3 N–H and O–H groups in total. The van der Waals surface area contributed by atoms with Crippen LogP contribution in [0.25, 0.3) is 0 Å². The molecule has 29 heavy (non-hydrogen) atoms. The molecule has 0 aliphatic carbocycles. The van der Waals surface area contributed by atoms with Crippen molar-refractivity contribution < 1.29 is 27.1 Å². The van der Waals surface area contributed by atoms with Crippen LogP contribution in [-0.4, -0.2) is 40.1 Å². The first-order chi connectivity index (χ1) is 13.7. The molecule has 0 bridgehead atoms. The minimum atomic E-state index is -3.46. The average molecular weight is 423 g/mol. The van der Waals surface area contributed by atoms with Gasteiger partial charge in [0.2, 0.25) is 15.9 Å². The van der Waals surface area contributed by atoms with E-state index in [1.165, 1.54) is 43.5 Å². The Hall–Kier alpha value is -3.14. The van der Waals surface area contributed by atoms with Gasteiger partial charge in [0, 0.05) is 30.3 Å². The number of methoxy groups -OCH3 is 1. The van der Waals surface area contributed by atoms with E-state index in [9.17, 15) is 22.4 Å². The van der Waals surface area contributed by atoms with E-state index in [1.54, 1.807) is 6.07 Å². The molecule has 0 aromatic heterocycles. The Bertz CT molecular complexity index is 978. The van der Waals surface area contributed by atoms with Gasteiger partial charge < -0.3 is 15.4 Å². The fourth-order valence-corrected chi connectivity index (χ4v) is 3.00. The van der Waals surface area contributed by atoms with Crippen LogP contribution in [0, 0.1) is 5.82 Å². The van der Waals surface area contributed by atoms with Crippen molar-refractivity contribution >= 4 is 33.2 Å². The highest BCUT2D eigenvalue weighted by atomic mass is 32.2. The largest absolute Gasteiger partial charge is 0.494 e. The lowest BCUT2D eigenvalue weighted by Crippen LogP contribution is -2.25. The summed E-state index contributed by atoms with van der Waals surface area (Å²) in [6.07, 6.45) is 1.59. The van der Waals surface area contributed by atoms with Gasteiger partial charge in [-0.05, 0) is 42.8 Å². The van der Waals surface area contributed by atoms with Crippen LogP contribution in [0.15, 0.2) is 42.5 Å². The monoisotopic (exact) mass is 423 g/mol. The van der Waals surface area contributed by atoms with Gasteiger partial charge in [-0.25, -0.2) is 12.8 Å². The standard InChI is InChI=1S/C19H22FN3O5S/c1-28-17-12-15(9-10-16(17)23-29(2,26)27)22-18(24)4-3-11-21-19(25)13-5-7-14(20)8-6-13/h5-10,12,23H,3-4,11H2,1-2H3,(H,21,25)(H,22,24). The number of benzene rings is 2. The van der Waals surface area contributed by atoms with Gasteiger partial charge in [-0.2, -0.15) is 0 Å². The highest BCUT2D eigenvalue weighted by Gasteiger charge is 2.11. The molecule has 2 rings (SSSR count). The van der Waals surface area contributed by atoms with Crippen LogP contribution in [0.2, 0.25) is 0 Å². The minimum absolute atomic E-state index is 0.162. The van der Waals surface area contributed by atoms with Crippen molar-refractivity contribution in [1.29, 1.82) is 0 Å². The van der Waals surface area contributed by atoms with E-state index in [1.807, 2.05) is 0 Å². The van der Waals surface area contributed by atoms with Crippen LogP contribution in [0.5, 0.6) is 5.75 Å². The summed E-state index contributed by atoms with van der Waals surface area (Å²) in [5, 5.41) is 5.34. The van der Waals surface area contributed by atoms with Crippen molar-refractivity contribution in [3.63, 3.8) is 0 Å². The normalized spacial score (nSPS) is 10.9. The summed E-state index contributed by atoms with van der Waals surface area (Å²) in [5.41, 5.74) is 1.04. The molecule has 0 unspecified atom stereocenters. The second-order valence-electron chi connectivity index (χ2n) is 6.20. The first kappa shape index (κ1) is 22.2. The number of ether oxygens (including phenoxy) is 1. The molecule has 2 amide bonds. The molecule has 0 spiro atoms. The zero-order valence-corrected chi connectivity index (χ0v) is 16.8. The number of nitrogens with one attached hydrogen (secondary N) is 3. The van der Waals surface area contributed by atoms with Crippen LogP contribution in [0.3, 0.4) is 0 Å². The third kappa shape index (κ3) is 7.41. The maximum absolute atomic E-state index is 12.9. The molecule has 0 radical (unpaired) electrons. The summed E-state index contributed by atoms with van der Waals surface area (Å²) < 4.78 is 43.0. The molecule has 8 nitrogen and oxygen atoms in total. The Morgan fingerprint density at radius 1 is 1.10 bits per heavy atom. The van der Waals surface area contributed by atoms with Crippen molar-refractivity contribution in [2.75, 3.05) is 29.9 Å². The number of hydrogen-bond acceptors (Lipinski definition) is 5. The second-order valence-corrected chi connectivity index (χ2v) is 7.95. The van der Waals surface area contributed by atoms with Crippen LogP contribution in [0.1, 0.15) is 23.2 Å². The van der Waals surface area contributed by atoms with Crippen molar-refractivity contribution in [2.45, 2.75) is 12.8 Å². The van der Waals surface area contributed by atoms with Gasteiger partial charge in [-0.3, -0.25) is 14.3 Å². The zero-order chi connectivity index (χ0) is 21.4. The van der Waals surface area contributed by atoms with Crippen molar-refractivity contribution in [3.8, 4) is 5.75 Å². The Morgan fingerprint density at radius 2 is 1.79 bits per heavy atom. The molecule has 10 heteroatoms. The van der Waals surface area contributed by atoms with Crippen LogP contribution in [0.4, 0.5) is 15.8 Å². The molecule has 0 aliphatic heterocycles. The van der Waals surface area contributed by atoms with Crippen LogP contribution < -0.4 is 20.1 Å². The van der Waals surface area contributed by atoms with E-state index in [4.69, 9.17) is 4.74 Å². The Balaban J connectivity index is 1.81. The van der Waals surface area contributed by atoms with Crippen LogP contribution in [-0.2, 0) is 14.8 Å². The molecule has 0 fully saturated rings. The van der Waals surface area contributed by atoms with Gasteiger partial charge in [0.25, 0.3) is 5.91 Å². The Morgan fingerprint density at radius 3 is 2.41 bits per heavy atom. The molecule has 0 saturated heterocycles. The summed E-state index contributed by atoms with van der Waals surface area (Å²) >= 11 is 0. The lowest BCUT2D eigenvalue weighted by molar-refractivity contribution is -0.116. The van der Waals surface area contributed by atoms with Gasteiger partial charge in [0.15, 0.2) is 0 Å². The summed E-state index contributed by atoms with van der Waals surface area (Å²) in [5.74, 6) is -0.772. The smallest absolute Gasteiger partial charge is 0.251 e. The van der Waals surface area contributed by atoms with Gasteiger partial charge in [-0.1, -0.05) is 0 Å². The predicted molar refractivity (Wildman–Crippen MR) is 108 cm³/mol. The predicted octanol–water partition coefficient (Wildman–Crippen LogP) is 2.35. The fourth-order valence-electron chi connectivity index (χ4n) is 2.43. The van der Waals surface area contributed by atoms with Gasteiger partial charge in [0.05, 0.1) is 19.1 Å². The van der Waals surface area contributed by atoms with E-state index in [0.29, 0.717) is 17.7 Å². The molecule has 0 aliphatic rings. The number of rotatable bonds is 9. The maximum Gasteiger partial charge on any atom is 0.251 e. The van der Waals surface area contributed by atoms with Gasteiger partial charge in [-0.15, -0.1) is 0 Å². The lowest BCUT2D eigenvalue weighted by atomic mass is 10.2. The van der Waals surface area contributed by atoms with Crippen molar-refractivity contribution in [1.82, 2.24) is 5.32 Å². The molecule has 0 heterocycles. The molecule has 2 aromatic carbocycles. The van der Waals surface area contributed by atoms with E-state index >= 15 is 0 Å². The lowest BCUT2D eigenvalue weighted by Gasteiger charge is -2.12. The zero-order valence-electron chi connectivity index (χ0n) is 16.0. The summed E-state index contributed by atoms with van der Waals surface area (Å²) in [4.78, 5) is 24.0. The number of sulfonamides is 1. The number of carbonyl (C=O) groups excluding carboxylic acids is 2. The minimum Gasteiger partial charge on any atom is -0.494 e. The summed E-state index contributed by atoms with van der Waals surface area (Å²) in [6, 6.07) is 9.70. The SMILES string of the molecule is COc1cc(NC(=O)CCCNC(=O)c2ccc(F)cc2)ccc1NS(C)(=O)=O. The molecular weight excluding hydrogens is 401 g/mol. The molecule has 2 aromatic rings. The third-order valence-electron chi connectivity index (χ3n) is 3.75. The molecule has 0 saturated carbocycles. The number of anilines is 2. The summed E-state index contributed by atoms with van der Waals surface area (Å²) in [7, 11) is -2.07. The second kappa shape index (κ2) is 9.87. The van der Waals surface area contributed by atoms with Crippen molar-refractivity contribution in [2.24, 2.45) is 0 Å². The summed E-state index contributed by atoms with van der Waals surface area (Å²) in [6.45, 7) is 0.282. The van der Waals surface area contributed by atoms with Crippen LogP contribution >= 0.6 is 0 Å².